The first-order chi connectivity index (χ1) is 12.3. The second-order valence-corrected chi connectivity index (χ2v) is 5.89. The predicted octanol–water partition coefficient (Wildman–Crippen LogP) is 3.18. The molecule has 3 aromatic rings. The van der Waals surface area contributed by atoms with Gasteiger partial charge in [-0.05, 0) is 30.3 Å². The van der Waals surface area contributed by atoms with E-state index in [9.17, 15) is 4.39 Å². The predicted molar refractivity (Wildman–Crippen MR) is 90.3 cm³/mol. The highest BCUT2D eigenvalue weighted by atomic mass is 32.1. The van der Waals surface area contributed by atoms with Crippen LogP contribution in [0.5, 0.6) is 11.5 Å². The summed E-state index contributed by atoms with van der Waals surface area (Å²) >= 11 is 1.33. The molecular weight excluding hydrogens is 344 g/mol. The molecule has 0 saturated heterocycles. The average molecular weight is 358 g/mol. The molecule has 0 N–H and O–H groups in total. The lowest BCUT2D eigenvalue weighted by molar-refractivity contribution is 0.0753. The fourth-order valence-electron chi connectivity index (χ4n) is 2.05. The summed E-state index contributed by atoms with van der Waals surface area (Å²) in [5, 5.41) is 9.29. The normalized spacial score (nSPS) is 10.6. The molecule has 0 aliphatic carbocycles. The minimum atomic E-state index is -0.635. The van der Waals surface area contributed by atoms with E-state index < -0.39 is 5.95 Å². The van der Waals surface area contributed by atoms with E-state index in [2.05, 4.69) is 9.97 Å². The minimum absolute atomic E-state index is 0.108. The third-order valence-corrected chi connectivity index (χ3v) is 4.08. The summed E-state index contributed by atoms with van der Waals surface area (Å²) < 4.78 is 30.3. The van der Waals surface area contributed by atoms with Crippen molar-refractivity contribution in [3.05, 3.63) is 47.5 Å². The quantitative estimate of drug-likeness (QED) is 0.455. The van der Waals surface area contributed by atoms with Gasteiger partial charge in [-0.25, -0.2) is 9.97 Å². The molecule has 2 aromatic heterocycles. The van der Waals surface area contributed by atoms with Crippen molar-refractivity contribution in [2.45, 2.75) is 0 Å². The van der Waals surface area contributed by atoms with E-state index in [1.165, 1.54) is 23.6 Å². The molecule has 0 saturated carbocycles. The number of aromatic nitrogens is 2. The van der Waals surface area contributed by atoms with Crippen molar-refractivity contribution in [3.8, 4) is 17.6 Å². The first kappa shape index (κ1) is 17.1. The standard InChI is InChI=1S/C17H14FN3O3S/c18-17-14(2-1-5-20-17)24-9-7-22-6-8-23-12-3-4-13-15(10-12)25-16(11-19)21-13/h1-5,10H,6-9H2/i18-1. The number of hydrogen-bond acceptors (Lipinski definition) is 7. The van der Waals surface area contributed by atoms with Gasteiger partial charge in [0, 0.05) is 6.20 Å². The molecule has 0 aliphatic rings. The Kier molecular flexibility index (Phi) is 5.72. The number of fused-ring (bicyclic) bond motifs is 1. The van der Waals surface area contributed by atoms with Crippen LogP contribution in [0, 0.1) is 17.3 Å². The van der Waals surface area contributed by atoms with Crippen molar-refractivity contribution < 1.29 is 18.6 Å². The third kappa shape index (κ3) is 4.62. The molecule has 0 unspecified atom stereocenters. The van der Waals surface area contributed by atoms with Crippen LogP contribution in [0.1, 0.15) is 5.01 Å². The Morgan fingerprint density at radius 3 is 2.76 bits per heavy atom. The lowest BCUT2D eigenvalue weighted by Gasteiger charge is -2.08. The smallest absolute Gasteiger partial charge is 0.255 e. The van der Waals surface area contributed by atoms with Crippen molar-refractivity contribution in [1.82, 2.24) is 9.97 Å². The largest absolute Gasteiger partial charge is 0.491 e. The van der Waals surface area contributed by atoms with E-state index in [1.807, 2.05) is 18.2 Å². The van der Waals surface area contributed by atoms with E-state index in [0.29, 0.717) is 30.6 Å². The number of hydrogen-bond donors (Lipinski definition) is 0. The summed E-state index contributed by atoms with van der Waals surface area (Å²) in [6, 6.07) is 10.6. The lowest BCUT2D eigenvalue weighted by Crippen LogP contribution is -2.12. The van der Waals surface area contributed by atoms with Gasteiger partial charge >= 0.3 is 0 Å². The molecule has 0 fully saturated rings. The SMILES string of the molecule is N#Cc1nc2ccc(OCCOCCOc3cccnc3[18F])cc2s1. The number of benzene rings is 1. The second-order valence-electron chi connectivity index (χ2n) is 4.86. The zero-order valence-electron chi connectivity index (χ0n) is 13.1. The Morgan fingerprint density at radius 1 is 1.12 bits per heavy atom. The summed E-state index contributed by atoms with van der Waals surface area (Å²) in [7, 11) is 0. The van der Waals surface area contributed by atoms with Gasteiger partial charge in [0.15, 0.2) is 10.8 Å². The van der Waals surface area contributed by atoms with E-state index in [-0.39, 0.29) is 12.4 Å². The maximum Gasteiger partial charge on any atom is 0.255 e. The van der Waals surface area contributed by atoms with Gasteiger partial charge in [-0.2, -0.15) is 9.65 Å². The first-order valence-electron chi connectivity index (χ1n) is 7.51. The molecule has 6 nitrogen and oxygen atoms in total. The highest BCUT2D eigenvalue weighted by Crippen LogP contribution is 2.25. The first-order valence-corrected chi connectivity index (χ1v) is 8.32. The number of thiazole rings is 1. The number of ether oxygens (including phenoxy) is 3. The van der Waals surface area contributed by atoms with Crippen LogP contribution >= 0.6 is 11.3 Å². The molecule has 0 amide bonds. The van der Waals surface area contributed by atoms with Crippen LogP contribution in [0.2, 0.25) is 0 Å². The Balaban J connectivity index is 1.36. The summed E-state index contributed by atoms with van der Waals surface area (Å²) in [5.41, 5.74) is 0.782. The number of rotatable bonds is 8. The van der Waals surface area contributed by atoms with Gasteiger partial charge in [-0.3, -0.25) is 0 Å². The molecule has 1 aromatic carbocycles. The zero-order valence-corrected chi connectivity index (χ0v) is 14.0. The molecule has 25 heavy (non-hydrogen) atoms. The third-order valence-electron chi connectivity index (χ3n) is 3.16. The Hall–Kier alpha value is -2.76. The number of nitriles is 1. The van der Waals surface area contributed by atoms with Crippen LogP contribution in [0.3, 0.4) is 0 Å². The summed E-state index contributed by atoms with van der Waals surface area (Å²) in [5.74, 6) is 0.165. The fourth-order valence-corrected chi connectivity index (χ4v) is 2.84. The Morgan fingerprint density at radius 2 is 1.96 bits per heavy atom. The van der Waals surface area contributed by atoms with Gasteiger partial charge in [0.25, 0.3) is 5.95 Å². The Labute approximate surface area is 147 Å². The van der Waals surface area contributed by atoms with Crippen LogP contribution in [-0.2, 0) is 4.74 Å². The minimum Gasteiger partial charge on any atom is -0.491 e. The van der Waals surface area contributed by atoms with Crippen LogP contribution in [-0.4, -0.2) is 36.4 Å². The molecule has 0 bridgehead atoms. The molecule has 128 valence electrons. The van der Waals surface area contributed by atoms with E-state index in [1.54, 1.807) is 12.1 Å². The zero-order chi connectivity index (χ0) is 17.5. The summed E-state index contributed by atoms with van der Waals surface area (Å²) in [6.07, 6.45) is 1.36. The molecule has 0 radical (unpaired) electrons. The monoisotopic (exact) mass is 358 g/mol. The number of nitrogens with zero attached hydrogens (tertiary/aromatic N) is 3. The molecule has 0 atom stereocenters. The number of pyridine rings is 1. The molecular formula is C17H14FN3O3S. The van der Waals surface area contributed by atoms with Gasteiger partial charge < -0.3 is 14.2 Å². The van der Waals surface area contributed by atoms with Crippen LogP contribution in [0.4, 0.5) is 4.39 Å². The van der Waals surface area contributed by atoms with Crippen molar-refractivity contribution in [1.29, 1.82) is 5.26 Å². The van der Waals surface area contributed by atoms with Crippen LogP contribution in [0.15, 0.2) is 36.5 Å². The highest BCUT2D eigenvalue weighted by Gasteiger charge is 2.05. The van der Waals surface area contributed by atoms with E-state index >= 15 is 0 Å². The van der Waals surface area contributed by atoms with Gasteiger partial charge in [0.1, 0.15) is 25.0 Å². The molecule has 8 heteroatoms. The van der Waals surface area contributed by atoms with E-state index in [4.69, 9.17) is 19.5 Å². The summed E-state index contributed by atoms with van der Waals surface area (Å²) in [4.78, 5) is 7.66. The molecule has 0 spiro atoms. The Bertz CT molecular complexity index is 894. The van der Waals surface area contributed by atoms with Gasteiger partial charge in [0.05, 0.1) is 23.4 Å². The van der Waals surface area contributed by atoms with Gasteiger partial charge in [0.2, 0.25) is 0 Å². The van der Waals surface area contributed by atoms with Crippen LogP contribution in [0.25, 0.3) is 10.2 Å². The van der Waals surface area contributed by atoms with Gasteiger partial charge in [-0.1, -0.05) is 0 Å². The maximum absolute atomic E-state index is 13.2. The van der Waals surface area contributed by atoms with Gasteiger partial charge in [-0.15, -0.1) is 11.3 Å². The van der Waals surface area contributed by atoms with Crippen molar-refractivity contribution in [3.63, 3.8) is 0 Å². The molecule has 3 rings (SSSR count). The average Bonchev–Trinajstić information content (AvgIpc) is 3.05. The lowest BCUT2D eigenvalue weighted by atomic mass is 10.3. The van der Waals surface area contributed by atoms with Crippen molar-refractivity contribution in [2.75, 3.05) is 26.4 Å². The second kappa shape index (κ2) is 8.37. The van der Waals surface area contributed by atoms with E-state index in [0.717, 1.165) is 10.2 Å². The highest BCUT2D eigenvalue weighted by molar-refractivity contribution is 7.19. The summed E-state index contributed by atoms with van der Waals surface area (Å²) in [6.45, 7) is 1.29. The number of halogens is 1. The van der Waals surface area contributed by atoms with Crippen LogP contribution < -0.4 is 9.47 Å². The topological polar surface area (TPSA) is 77.3 Å². The van der Waals surface area contributed by atoms with Crippen molar-refractivity contribution in [2.24, 2.45) is 0 Å². The maximum atomic E-state index is 13.2. The van der Waals surface area contributed by atoms with Crippen molar-refractivity contribution >= 4 is 21.6 Å². The fraction of sp³-hybridized carbons (Fsp3) is 0.235. The molecule has 2 heterocycles. The molecule has 0 aliphatic heterocycles.